The number of carboxylic acids is 1. The molecule has 0 spiro atoms. The molecule has 1 fully saturated rings. The fraction of sp³-hybridized carbons (Fsp3) is 0.556. The molecule has 1 aliphatic heterocycles. The van der Waals surface area contributed by atoms with E-state index in [1.54, 1.807) is 4.90 Å². The zero-order valence-electron chi connectivity index (χ0n) is 14.0. The third kappa shape index (κ3) is 4.71. The average molecular weight is 319 g/mol. The van der Waals surface area contributed by atoms with E-state index in [2.05, 4.69) is 0 Å². The number of carbonyl (C=O) groups excluding carboxylic acids is 1. The Morgan fingerprint density at radius 3 is 2.48 bits per heavy atom. The van der Waals surface area contributed by atoms with Crippen LogP contribution in [0.15, 0.2) is 30.3 Å². The zero-order valence-corrected chi connectivity index (χ0v) is 14.0. The summed E-state index contributed by atoms with van der Waals surface area (Å²) in [6, 6.07) is 9.24. The topological polar surface area (TPSA) is 66.8 Å². The fourth-order valence-corrected chi connectivity index (χ4v) is 3.05. The van der Waals surface area contributed by atoms with Gasteiger partial charge in [-0.3, -0.25) is 4.79 Å². The molecule has 2 rings (SSSR count). The van der Waals surface area contributed by atoms with Crippen LogP contribution < -0.4 is 0 Å². The van der Waals surface area contributed by atoms with E-state index in [9.17, 15) is 14.7 Å². The largest absolute Gasteiger partial charge is 0.481 e. The molecule has 23 heavy (non-hydrogen) atoms. The van der Waals surface area contributed by atoms with Gasteiger partial charge in [0.25, 0.3) is 0 Å². The molecule has 2 unspecified atom stereocenters. The normalized spacial score (nSPS) is 20.0. The van der Waals surface area contributed by atoms with Crippen molar-refractivity contribution in [1.29, 1.82) is 0 Å². The number of ether oxygens (including phenoxy) is 1. The summed E-state index contributed by atoms with van der Waals surface area (Å²) in [6.45, 7) is 6.52. The Morgan fingerprint density at radius 2 is 1.91 bits per heavy atom. The lowest BCUT2D eigenvalue weighted by atomic mass is 9.81. The molecular formula is C18H25NO4. The Bertz CT molecular complexity index is 550. The second-order valence-electron chi connectivity index (χ2n) is 7.06. The predicted octanol–water partition coefficient (Wildman–Crippen LogP) is 3.50. The molecule has 0 radical (unpaired) electrons. The van der Waals surface area contributed by atoms with Crippen LogP contribution in [0.1, 0.15) is 45.1 Å². The zero-order chi connectivity index (χ0) is 17.0. The molecule has 126 valence electrons. The number of aliphatic carboxylic acids is 1. The first-order valence-electron chi connectivity index (χ1n) is 8.03. The quantitative estimate of drug-likeness (QED) is 0.926. The highest BCUT2D eigenvalue weighted by Crippen LogP contribution is 2.32. The van der Waals surface area contributed by atoms with E-state index in [0.717, 1.165) is 18.4 Å². The van der Waals surface area contributed by atoms with Crippen molar-refractivity contribution in [2.45, 2.75) is 45.1 Å². The van der Waals surface area contributed by atoms with Crippen molar-refractivity contribution in [3.63, 3.8) is 0 Å². The lowest BCUT2D eigenvalue weighted by Gasteiger charge is -2.36. The number of amides is 1. The minimum absolute atomic E-state index is 0.101. The van der Waals surface area contributed by atoms with Gasteiger partial charge in [0.05, 0.1) is 5.92 Å². The highest BCUT2D eigenvalue weighted by atomic mass is 16.6. The minimum Gasteiger partial charge on any atom is -0.481 e. The average Bonchev–Trinajstić information content (AvgIpc) is 2.47. The van der Waals surface area contributed by atoms with Crippen LogP contribution in [0.25, 0.3) is 0 Å². The standard InChI is InChI=1S/C18H25NO4/c1-18(2,3)23-17(22)19-11-7-10-14(12-19)15(16(20)21)13-8-5-4-6-9-13/h4-6,8-9,14-15H,7,10-12H2,1-3H3,(H,20,21). The van der Waals surface area contributed by atoms with Gasteiger partial charge in [-0.25, -0.2) is 4.79 Å². The summed E-state index contributed by atoms with van der Waals surface area (Å²) >= 11 is 0. The Kier molecular flexibility index (Phi) is 5.29. The highest BCUT2D eigenvalue weighted by molar-refractivity contribution is 5.77. The number of carboxylic acid groups (broad SMARTS) is 1. The van der Waals surface area contributed by atoms with Gasteiger partial charge in [-0.05, 0) is 45.1 Å². The van der Waals surface area contributed by atoms with Gasteiger partial charge in [0.15, 0.2) is 0 Å². The van der Waals surface area contributed by atoms with Gasteiger partial charge in [0.1, 0.15) is 5.60 Å². The second kappa shape index (κ2) is 7.02. The van der Waals surface area contributed by atoms with Crippen molar-refractivity contribution >= 4 is 12.1 Å². The van der Waals surface area contributed by atoms with E-state index in [1.807, 2.05) is 51.1 Å². The molecule has 5 nitrogen and oxygen atoms in total. The molecule has 0 aliphatic carbocycles. The number of nitrogens with zero attached hydrogens (tertiary/aromatic N) is 1. The molecule has 1 N–H and O–H groups in total. The van der Waals surface area contributed by atoms with Crippen LogP contribution in [0, 0.1) is 5.92 Å². The molecule has 1 saturated heterocycles. The summed E-state index contributed by atoms with van der Waals surface area (Å²) in [5.74, 6) is -1.54. The summed E-state index contributed by atoms with van der Waals surface area (Å²) in [6.07, 6.45) is 1.23. The predicted molar refractivity (Wildman–Crippen MR) is 87.3 cm³/mol. The number of hydrogen-bond donors (Lipinski definition) is 1. The van der Waals surface area contributed by atoms with Crippen LogP contribution in [0.2, 0.25) is 0 Å². The highest BCUT2D eigenvalue weighted by Gasteiger charge is 2.35. The van der Waals surface area contributed by atoms with Crippen molar-refractivity contribution in [3.05, 3.63) is 35.9 Å². The maximum Gasteiger partial charge on any atom is 0.410 e. The van der Waals surface area contributed by atoms with Gasteiger partial charge in [-0.2, -0.15) is 0 Å². The van der Waals surface area contributed by atoms with E-state index in [-0.39, 0.29) is 12.0 Å². The first kappa shape index (κ1) is 17.3. The van der Waals surface area contributed by atoms with Gasteiger partial charge in [0.2, 0.25) is 0 Å². The summed E-state index contributed by atoms with van der Waals surface area (Å²) in [5, 5.41) is 9.66. The molecule has 1 amide bonds. The molecular weight excluding hydrogens is 294 g/mol. The molecule has 5 heteroatoms. The fourth-order valence-electron chi connectivity index (χ4n) is 3.05. The van der Waals surface area contributed by atoms with Crippen molar-refractivity contribution in [2.75, 3.05) is 13.1 Å². The lowest BCUT2D eigenvalue weighted by molar-refractivity contribution is -0.140. The minimum atomic E-state index is -0.841. The third-order valence-corrected chi connectivity index (χ3v) is 4.01. The van der Waals surface area contributed by atoms with E-state index in [0.29, 0.717) is 13.1 Å². The van der Waals surface area contributed by atoms with Crippen LogP contribution >= 0.6 is 0 Å². The van der Waals surface area contributed by atoms with Crippen molar-refractivity contribution in [2.24, 2.45) is 5.92 Å². The number of rotatable bonds is 3. The lowest BCUT2D eigenvalue weighted by Crippen LogP contribution is -2.45. The van der Waals surface area contributed by atoms with Gasteiger partial charge < -0.3 is 14.7 Å². The Hall–Kier alpha value is -2.04. The SMILES string of the molecule is CC(C)(C)OC(=O)N1CCCC(C(C(=O)O)c2ccccc2)C1. The smallest absolute Gasteiger partial charge is 0.410 e. The Balaban J connectivity index is 2.12. The number of carbonyl (C=O) groups is 2. The first-order chi connectivity index (χ1) is 10.8. The molecule has 0 bridgehead atoms. The van der Waals surface area contributed by atoms with Crippen molar-refractivity contribution < 1.29 is 19.4 Å². The third-order valence-electron chi connectivity index (χ3n) is 4.01. The molecule has 1 aromatic rings. The van der Waals surface area contributed by atoms with Gasteiger partial charge >= 0.3 is 12.1 Å². The maximum atomic E-state index is 12.2. The number of piperidine rings is 1. The van der Waals surface area contributed by atoms with E-state index in [1.165, 1.54) is 0 Å². The maximum absolute atomic E-state index is 12.2. The monoisotopic (exact) mass is 319 g/mol. The van der Waals surface area contributed by atoms with Crippen LogP contribution in [0.3, 0.4) is 0 Å². The van der Waals surface area contributed by atoms with Gasteiger partial charge in [0, 0.05) is 13.1 Å². The molecule has 1 aromatic carbocycles. The van der Waals surface area contributed by atoms with E-state index in [4.69, 9.17) is 4.74 Å². The summed E-state index contributed by atoms with van der Waals surface area (Å²) in [5.41, 5.74) is 0.242. The molecule has 1 heterocycles. The number of hydrogen-bond acceptors (Lipinski definition) is 3. The van der Waals surface area contributed by atoms with Crippen molar-refractivity contribution in [1.82, 2.24) is 4.90 Å². The van der Waals surface area contributed by atoms with Crippen molar-refractivity contribution in [3.8, 4) is 0 Å². The summed E-state index contributed by atoms with van der Waals surface area (Å²) in [4.78, 5) is 25.7. The van der Waals surface area contributed by atoms with Crippen LogP contribution in [0.4, 0.5) is 4.79 Å². The molecule has 0 aromatic heterocycles. The van der Waals surface area contributed by atoms with Crippen LogP contribution in [-0.4, -0.2) is 40.8 Å². The number of likely N-dealkylation sites (tertiary alicyclic amines) is 1. The number of benzene rings is 1. The van der Waals surface area contributed by atoms with E-state index < -0.39 is 17.5 Å². The Labute approximate surface area is 137 Å². The second-order valence-corrected chi connectivity index (χ2v) is 7.06. The van der Waals surface area contributed by atoms with Gasteiger partial charge in [-0.15, -0.1) is 0 Å². The molecule has 2 atom stereocenters. The van der Waals surface area contributed by atoms with E-state index >= 15 is 0 Å². The van der Waals surface area contributed by atoms with Gasteiger partial charge in [-0.1, -0.05) is 30.3 Å². The summed E-state index contributed by atoms with van der Waals surface area (Å²) in [7, 11) is 0. The first-order valence-corrected chi connectivity index (χ1v) is 8.03. The Morgan fingerprint density at radius 1 is 1.26 bits per heavy atom. The summed E-state index contributed by atoms with van der Waals surface area (Å²) < 4.78 is 5.41. The van der Waals surface area contributed by atoms with Crippen LogP contribution in [-0.2, 0) is 9.53 Å². The molecule has 0 saturated carbocycles. The van der Waals surface area contributed by atoms with Crippen LogP contribution in [0.5, 0.6) is 0 Å². The molecule has 1 aliphatic rings.